The van der Waals surface area contributed by atoms with Gasteiger partial charge in [0.15, 0.2) is 9.84 Å². The van der Waals surface area contributed by atoms with E-state index in [0.717, 1.165) is 19.3 Å². The monoisotopic (exact) mass is 367 g/mol. The van der Waals surface area contributed by atoms with Crippen LogP contribution in [0, 0.1) is 5.41 Å². The molecule has 0 atom stereocenters. The lowest BCUT2D eigenvalue weighted by atomic mass is 9.74. The maximum Gasteiger partial charge on any atom is 0.311 e. The average molecular weight is 367 g/mol. The van der Waals surface area contributed by atoms with Crippen molar-refractivity contribution in [2.24, 2.45) is 5.41 Å². The van der Waals surface area contributed by atoms with Crippen LogP contribution in [-0.2, 0) is 14.6 Å². The summed E-state index contributed by atoms with van der Waals surface area (Å²) >= 11 is 0. The van der Waals surface area contributed by atoms with Crippen LogP contribution < -0.4 is 5.32 Å². The first kappa shape index (κ1) is 19.4. The van der Waals surface area contributed by atoms with Gasteiger partial charge < -0.3 is 10.4 Å². The summed E-state index contributed by atoms with van der Waals surface area (Å²) in [6.07, 6.45) is 3.68. The Morgan fingerprint density at radius 2 is 1.76 bits per heavy atom. The van der Waals surface area contributed by atoms with Crippen molar-refractivity contribution >= 4 is 21.7 Å². The molecule has 2 N–H and O–H groups in total. The number of aliphatic carboxylic acids is 1. The van der Waals surface area contributed by atoms with Crippen molar-refractivity contribution in [2.75, 3.05) is 6.54 Å². The van der Waals surface area contributed by atoms with Gasteiger partial charge in [-0.3, -0.25) is 9.59 Å². The van der Waals surface area contributed by atoms with Crippen molar-refractivity contribution < 1.29 is 23.1 Å². The number of hydrogen-bond donors (Lipinski definition) is 2. The molecule has 0 unspecified atom stereocenters. The summed E-state index contributed by atoms with van der Waals surface area (Å²) in [4.78, 5) is 24.2. The van der Waals surface area contributed by atoms with E-state index < -0.39 is 32.4 Å². The molecule has 0 aliphatic heterocycles. The summed E-state index contributed by atoms with van der Waals surface area (Å²) < 4.78 is 24.9. The van der Waals surface area contributed by atoms with Crippen LogP contribution in [-0.4, -0.2) is 37.2 Å². The Balaban J connectivity index is 2.23. The van der Waals surface area contributed by atoms with Gasteiger partial charge >= 0.3 is 5.97 Å². The second-order valence-corrected chi connectivity index (χ2v) is 9.39. The Morgan fingerprint density at radius 3 is 2.32 bits per heavy atom. The van der Waals surface area contributed by atoms with Crippen LogP contribution in [0.15, 0.2) is 29.2 Å². The normalized spacial score (nSPS) is 17.2. The number of carbonyl (C=O) groups is 2. The fourth-order valence-electron chi connectivity index (χ4n) is 3.20. The Labute approximate surface area is 148 Å². The van der Waals surface area contributed by atoms with Crippen molar-refractivity contribution in [3.63, 3.8) is 0 Å². The first-order valence-electron chi connectivity index (χ1n) is 8.55. The molecule has 0 bridgehead atoms. The number of rotatable bonds is 6. The van der Waals surface area contributed by atoms with Crippen molar-refractivity contribution in [2.45, 2.75) is 56.1 Å². The molecule has 0 saturated heterocycles. The zero-order chi connectivity index (χ0) is 18.7. The van der Waals surface area contributed by atoms with Crippen LogP contribution in [0.1, 0.15) is 56.3 Å². The molecule has 1 aliphatic rings. The van der Waals surface area contributed by atoms with E-state index in [1.165, 1.54) is 12.1 Å². The Morgan fingerprint density at radius 1 is 1.16 bits per heavy atom. The third-order valence-electron chi connectivity index (χ3n) is 4.91. The van der Waals surface area contributed by atoms with Crippen LogP contribution in [0.25, 0.3) is 0 Å². The molecule has 1 aromatic carbocycles. The van der Waals surface area contributed by atoms with Gasteiger partial charge in [-0.1, -0.05) is 31.4 Å². The zero-order valence-corrected chi connectivity index (χ0v) is 15.4. The van der Waals surface area contributed by atoms with E-state index in [4.69, 9.17) is 0 Å². The SMILES string of the molecule is CC(C)S(=O)(=O)c1ccccc1C(=O)NCC1(C(=O)O)CCCCC1. The van der Waals surface area contributed by atoms with Crippen LogP contribution >= 0.6 is 0 Å². The van der Waals surface area contributed by atoms with E-state index >= 15 is 0 Å². The molecule has 0 radical (unpaired) electrons. The molecule has 1 saturated carbocycles. The Bertz CT molecular complexity index is 748. The summed E-state index contributed by atoms with van der Waals surface area (Å²) in [6.45, 7) is 3.13. The highest BCUT2D eigenvalue weighted by atomic mass is 32.2. The molecule has 1 amide bonds. The van der Waals surface area contributed by atoms with E-state index in [1.54, 1.807) is 26.0 Å². The van der Waals surface area contributed by atoms with Crippen LogP contribution in [0.5, 0.6) is 0 Å². The minimum atomic E-state index is -3.60. The van der Waals surface area contributed by atoms with Gasteiger partial charge in [0.2, 0.25) is 0 Å². The van der Waals surface area contributed by atoms with Gasteiger partial charge in [0.1, 0.15) is 0 Å². The first-order chi connectivity index (χ1) is 11.7. The third-order valence-corrected chi connectivity index (χ3v) is 7.12. The molecule has 1 aliphatic carbocycles. The largest absolute Gasteiger partial charge is 0.481 e. The number of carboxylic acids is 1. The molecule has 1 aromatic rings. The topological polar surface area (TPSA) is 101 Å². The highest BCUT2D eigenvalue weighted by Gasteiger charge is 2.40. The fraction of sp³-hybridized carbons (Fsp3) is 0.556. The third kappa shape index (κ3) is 4.03. The van der Waals surface area contributed by atoms with Crippen molar-refractivity contribution in [3.8, 4) is 0 Å². The van der Waals surface area contributed by atoms with Gasteiger partial charge in [0.05, 0.1) is 21.1 Å². The van der Waals surface area contributed by atoms with Gasteiger partial charge in [-0.05, 0) is 38.8 Å². The summed E-state index contributed by atoms with van der Waals surface area (Å²) in [7, 11) is -3.60. The summed E-state index contributed by atoms with van der Waals surface area (Å²) in [5.74, 6) is -1.46. The average Bonchev–Trinajstić information content (AvgIpc) is 2.60. The number of nitrogens with one attached hydrogen (secondary N) is 1. The molecule has 25 heavy (non-hydrogen) atoms. The number of amides is 1. The predicted molar refractivity (Wildman–Crippen MR) is 94.3 cm³/mol. The number of benzene rings is 1. The van der Waals surface area contributed by atoms with Crippen molar-refractivity contribution in [1.82, 2.24) is 5.32 Å². The highest BCUT2D eigenvalue weighted by Crippen LogP contribution is 2.36. The molecular weight excluding hydrogens is 342 g/mol. The van der Waals surface area contributed by atoms with E-state index in [1.807, 2.05) is 0 Å². The van der Waals surface area contributed by atoms with Crippen molar-refractivity contribution in [1.29, 1.82) is 0 Å². The summed E-state index contributed by atoms with van der Waals surface area (Å²) in [5, 5.41) is 11.6. The van der Waals surface area contributed by atoms with Gasteiger partial charge in [-0.2, -0.15) is 0 Å². The van der Waals surface area contributed by atoms with Crippen LogP contribution in [0.4, 0.5) is 0 Å². The maximum atomic E-state index is 12.6. The minimum Gasteiger partial charge on any atom is -0.481 e. The van der Waals surface area contributed by atoms with E-state index in [0.29, 0.717) is 12.8 Å². The number of sulfone groups is 1. The number of hydrogen-bond acceptors (Lipinski definition) is 4. The smallest absolute Gasteiger partial charge is 0.311 e. The molecule has 2 rings (SSSR count). The highest BCUT2D eigenvalue weighted by molar-refractivity contribution is 7.92. The van der Waals surface area contributed by atoms with Crippen molar-refractivity contribution in [3.05, 3.63) is 29.8 Å². The molecule has 0 heterocycles. The van der Waals surface area contributed by atoms with Gasteiger partial charge in [-0.15, -0.1) is 0 Å². The lowest BCUT2D eigenvalue weighted by Crippen LogP contribution is -2.44. The summed E-state index contributed by atoms with van der Waals surface area (Å²) in [5.41, 5.74) is -0.896. The Hall–Kier alpha value is -1.89. The maximum absolute atomic E-state index is 12.6. The minimum absolute atomic E-state index is 0.0111. The van der Waals surface area contributed by atoms with Crippen LogP contribution in [0.2, 0.25) is 0 Å². The van der Waals surface area contributed by atoms with E-state index in [9.17, 15) is 23.1 Å². The number of carboxylic acid groups (broad SMARTS) is 1. The second-order valence-electron chi connectivity index (χ2n) is 6.92. The molecule has 138 valence electrons. The zero-order valence-electron chi connectivity index (χ0n) is 14.6. The van der Waals surface area contributed by atoms with E-state index in [2.05, 4.69) is 5.32 Å². The first-order valence-corrected chi connectivity index (χ1v) is 10.1. The lowest BCUT2D eigenvalue weighted by Gasteiger charge is -2.33. The number of carbonyl (C=O) groups excluding carboxylic acids is 1. The molecular formula is C18H25NO5S. The van der Waals surface area contributed by atoms with Gasteiger partial charge in [0.25, 0.3) is 5.91 Å². The van der Waals surface area contributed by atoms with E-state index in [-0.39, 0.29) is 17.0 Å². The van der Waals surface area contributed by atoms with Gasteiger partial charge in [0, 0.05) is 6.54 Å². The molecule has 7 heteroatoms. The lowest BCUT2D eigenvalue weighted by molar-refractivity contribution is -0.150. The standard InChI is InChI=1S/C18H25NO5S/c1-13(2)25(23,24)15-9-5-4-8-14(15)16(20)19-12-18(17(21)22)10-6-3-7-11-18/h4-5,8-9,13H,3,6-7,10-12H2,1-2H3,(H,19,20)(H,21,22). The molecule has 0 spiro atoms. The molecule has 1 fully saturated rings. The molecule has 6 nitrogen and oxygen atoms in total. The van der Waals surface area contributed by atoms with Crippen LogP contribution in [0.3, 0.4) is 0 Å². The van der Waals surface area contributed by atoms with Gasteiger partial charge in [-0.25, -0.2) is 8.42 Å². The quantitative estimate of drug-likeness (QED) is 0.805. The second kappa shape index (κ2) is 7.56. The predicted octanol–water partition coefficient (Wildman–Crippen LogP) is 2.63. The fourth-order valence-corrected chi connectivity index (χ4v) is 4.44. The Kier molecular flexibility index (Phi) is 5.87. The molecule has 0 aromatic heterocycles. The summed E-state index contributed by atoms with van der Waals surface area (Å²) in [6, 6.07) is 6.05.